The molecule has 0 amide bonds. The van der Waals surface area contributed by atoms with E-state index in [9.17, 15) is 8.78 Å². The first kappa shape index (κ1) is 13.6. The second kappa shape index (κ2) is 5.53. The molecule has 0 radical (unpaired) electrons. The average molecular weight is 284 g/mol. The molecule has 1 atom stereocenters. The molecule has 2 nitrogen and oxygen atoms in total. The Morgan fingerprint density at radius 2 is 1.86 bits per heavy atom. The van der Waals surface area contributed by atoms with E-state index in [1.165, 1.54) is 5.56 Å². The summed E-state index contributed by atoms with van der Waals surface area (Å²) in [5, 5.41) is 11.7. The summed E-state index contributed by atoms with van der Waals surface area (Å²) in [7, 11) is 0. The summed E-state index contributed by atoms with van der Waals surface area (Å²) < 4.78 is 28.0. The zero-order chi connectivity index (χ0) is 14.8. The van der Waals surface area contributed by atoms with Crippen molar-refractivity contribution < 1.29 is 8.78 Å². The molecule has 0 spiro atoms. The van der Waals surface area contributed by atoms with Crippen molar-refractivity contribution in [3.63, 3.8) is 0 Å². The van der Waals surface area contributed by atoms with E-state index in [1.807, 2.05) is 18.2 Å². The van der Waals surface area contributed by atoms with E-state index in [-0.39, 0.29) is 17.3 Å². The summed E-state index contributed by atoms with van der Waals surface area (Å²) in [5.41, 5.74) is 2.14. The Morgan fingerprint density at radius 1 is 1.14 bits per heavy atom. The zero-order valence-electron chi connectivity index (χ0n) is 11.4. The second-order valence-electron chi connectivity index (χ2n) is 5.21. The molecule has 0 aromatic heterocycles. The highest BCUT2D eigenvalue weighted by Crippen LogP contribution is 2.34. The third-order valence-corrected chi connectivity index (χ3v) is 3.86. The van der Waals surface area contributed by atoms with Crippen LogP contribution in [0.25, 0.3) is 0 Å². The van der Waals surface area contributed by atoms with Crippen LogP contribution >= 0.6 is 0 Å². The van der Waals surface area contributed by atoms with E-state index in [4.69, 9.17) is 5.26 Å². The van der Waals surface area contributed by atoms with Gasteiger partial charge in [-0.1, -0.05) is 24.3 Å². The van der Waals surface area contributed by atoms with Gasteiger partial charge < -0.3 is 5.32 Å². The van der Waals surface area contributed by atoms with Gasteiger partial charge in [0.1, 0.15) is 5.69 Å². The molecule has 106 valence electrons. The van der Waals surface area contributed by atoms with E-state index in [1.54, 1.807) is 6.07 Å². The minimum atomic E-state index is -0.727. The topological polar surface area (TPSA) is 35.8 Å². The van der Waals surface area contributed by atoms with Crippen molar-refractivity contribution in [2.24, 2.45) is 0 Å². The summed E-state index contributed by atoms with van der Waals surface area (Å²) >= 11 is 0. The van der Waals surface area contributed by atoms with E-state index in [0.29, 0.717) is 0 Å². The zero-order valence-corrected chi connectivity index (χ0v) is 11.4. The van der Waals surface area contributed by atoms with Gasteiger partial charge in [-0.3, -0.25) is 0 Å². The van der Waals surface area contributed by atoms with Crippen LogP contribution in [-0.4, -0.2) is 0 Å². The SMILES string of the molecule is N#Cc1cc(F)c(N[C@H]2CCCc3ccccc32)c(F)c1. The van der Waals surface area contributed by atoms with Gasteiger partial charge in [0.2, 0.25) is 0 Å². The Morgan fingerprint density at radius 3 is 2.57 bits per heavy atom. The summed E-state index contributed by atoms with van der Waals surface area (Å²) in [6.45, 7) is 0. The number of nitriles is 1. The molecule has 0 saturated carbocycles. The van der Waals surface area contributed by atoms with Crippen LogP contribution in [0, 0.1) is 23.0 Å². The molecule has 1 aliphatic rings. The molecule has 4 heteroatoms. The lowest BCUT2D eigenvalue weighted by Crippen LogP contribution is -2.18. The van der Waals surface area contributed by atoms with Gasteiger partial charge in [-0.15, -0.1) is 0 Å². The second-order valence-corrected chi connectivity index (χ2v) is 5.21. The van der Waals surface area contributed by atoms with E-state index < -0.39 is 11.6 Å². The quantitative estimate of drug-likeness (QED) is 0.891. The molecular formula is C17H14F2N2. The lowest BCUT2D eigenvalue weighted by atomic mass is 9.87. The number of halogens is 2. The summed E-state index contributed by atoms with van der Waals surface area (Å²) in [5.74, 6) is -1.45. The molecule has 21 heavy (non-hydrogen) atoms. The highest BCUT2D eigenvalue weighted by molar-refractivity contribution is 5.52. The predicted octanol–water partition coefficient (Wildman–Crippen LogP) is 4.33. The van der Waals surface area contributed by atoms with Gasteiger partial charge in [0.25, 0.3) is 0 Å². The Labute approximate surface area is 122 Å². The van der Waals surface area contributed by atoms with Crippen molar-refractivity contribution in [1.82, 2.24) is 0 Å². The lowest BCUT2D eigenvalue weighted by Gasteiger charge is -2.27. The summed E-state index contributed by atoms with van der Waals surface area (Å²) in [6.07, 6.45) is 2.80. The fourth-order valence-corrected chi connectivity index (χ4v) is 2.85. The highest BCUT2D eigenvalue weighted by atomic mass is 19.1. The van der Waals surface area contributed by atoms with Gasteiger partial charge in [0.05, 0.1) is 17.7 Å². The van der Waals surface area contributed by atoms with Crippen LogP contribution in [0.3, 0.4) is 0 Å². The van der Waals surface area contributed by atoms with Gasteiger partial charge in [-0.05, 0) is 42.5 Å². The van der Waals surface area contributed by atoms with Gasteiger partial charge in [-0.2, -0.15) is 5.26 Å². The summed E-state index contributed by atoms with van der Waals surface area (Å²) in [4.78, 5) is 0. The van der Waals surface area contributed by atoms with Crippen molar-refractivity contribution in [3.8, 4) is 6.07 Å². The summed E-state index contributed by atoms with van der Waals surface area (Å²) in [6, 6.07) is 11.7. The monoisotopic (exact) mass is 284 g/mol. The number of fused-ring (bicyclic) bond motifs is 1. The molecular weight excluding hydrogens is 270 g/mol. The van der Waals surface area contributed by atoms with Crippen molar-refractivity contribution in [2.45, 2.75) is 25.3 Å². The Balaban J connectivity index is 1.94. The number of hydrogen-bond donors (Lipinski definition) is 1. The third-order valence-electron chi connectivity index (χ3n) is 3.86. The number of nitrogens with zero attached hydrogens (tertiary/aromatic N) is 1. The molecule has 0 saturated heterocycles. The van der Waals surface area contributed by atoms with Crippen molar-refractivity contribution in [2.75, 3.05) is 5.32 Å². The van der Waals surface area contributed by atoms with E-state index in [2.05, 4.69) is 11.4 Å². The van der Waals surface area contributed by atoms with Gasteiger partial charge in [0.15, 0.2) is 11.6 Å². The Hall–Kier alpha value is -2.41. The number of benzene rings is 2. The number of nitrogens with one attached hydrogen (secondary N) is 1. The van der Waals surface area contributed by atoms with Crippen LogP contribution in [0.15, 0.2) is 36.4 Å². The van der Waals surface area contributed by atoms with Crippen LogP contribution in [0.2, 0.25) is 0 Å². The van der Waals surface area contributed by atoms with E-state index in [0.717, 1.165) is 37.0 Å². The molecule has 0 bridgehead atoms. The van der Waals surface area contributed by atoms with Crippen LogP contribution < -0.4 is 5.32 Å². The van der Waals surface area contributed by atoms with Crippen molar-refractivity contribution in [1.29, 1.82) is 5.26 Å². The maximum atomic E-state index is 14.0. The fraction of sp³-hybridized carbons (Fsp3) is 0.235. The maximum absolute atomic E-state index is 14.0. The Bertz CT molecular complexity index is 696. The molecule has 0 unspecified atom stereocenters. The molecule has 0 aliphatic heterocycles. The largest absolute Gasteiger partial charge is 0.373 e. The van der Waals surface area contributed by atoms with Crippen molar-refractivity contribution >= 4 is 5.69 Å². The molecule has 0 heterocycles. The lowest BCUT2D eigenvalue weighted by molar-refractivity contribution is 0.561. The van der Waals surface area contributed by atoms with Gasteiger partial charge in [-0.25, -0.2) is 8.78 Å². The Kier molecular flexibility index (Phi) is 3.57. The minimum absolute atomic E-state index is 0.0143. The number of hydrogen-bond acceptors (Lipinski definition) is 2. The average Bonchev–Trinajstić information content (AvgIpc) is 2.50. The fourth-order valence-electron chi connectivity index (χ4n) is 2.85. The molecule has 2 aromatic rings. The van der Waals surface area contributed by atoms with Crippen LogP contribution in [0.5, 0.6) is 0 Å². The van der Waals surface area contributed by atoms with Gasteiger partial charge >= 0.3 is 0 Å². The molecule has 3 rings (SSSR count). The molecule has 1 aliphatic carbocycles. The number of aryl methyl sites for hydroxylation is 1. The molecule has 2 aromatic carbocycles. The standard InChI is InChI=1S/C17H14F2N2/c18-14-8-11(10-20)9-15(19)17(14)21-16-7-3-5-12-4-1-2-6-13(12)16/h1-2,4,6,8-9,16,21H,3,5,7H2/t16-/m0/s1. The third kappa shape index (κ3) is 2.59. The first-order valence-corrected chi connectivity index (χ1v) is 6.92. The predicted molar refractivity (Wildman–Crippen MR) is 76.8 cm³/mol. The molecule has 0 fully saturated rings. The van der Waals surface area contributed by atoms with Crippen LogP contribution in [0.1, 0.15) is 35.6 Å². The van der Waals surface area contributed by atoms with Crippen LogP contribution in [0.4, 0.5) is 14.5 Å². The smallest absolute Gasteiger partial charge is 0.150 e. The number of rotatable bonds is 2. The highest BCUT2D eigenvalue weighted by Gasteiger charge is 2.22. The normalized spacial score (nSPS) is 16.9. The van der Waals surface area contributed by atoms with E-state index >= 15 is 0 Å². The number of anilines is 1. The molecule has 1 N–H and O–H groups in total. The van der Waals surface area contributed by atoms with Crippen LogP contribution in [-0.2, 0) is 6.42 Å². The minimum Gasteiger partial charge on any atom is -0.373 e. The van der Waals surface area contributed by atoms with Gasteiger partial charge in [0, 0.05) is 0 Å². The first-order chi connectivity index (χ1) is 10.2. The first-order valence-electron chi connectivity index (χ1n) is 6.92. The maximum Gasteiger partial charge on any atom is 0.150 e. The van der Waals surface area contributed by atoms with Crippen molar-refractivity contribution in [3.05, 3.63) is 64.7 Å².